The van der Waals surface area contributed by atoms with Crippen LogP contribution in [0.1, 0.15) is 32.1 Å². The second-order valence-corrected chi connectivity index (χ2v) is 4.55. The summed E-state index contributed by atoms with van der Waals surface area (Å²) in [6, 6.07) is 2.24. The topological polar surface area (TPSA) is 27.0 Å². The number of rotatable bonds is 2. The lowest BCUT2D eigenvalue weighted by atomic mass is 9.84. The summed E-state index contributed by atoms with van der Waals surface area (Å²) in [7, 11) is 0. The minimum absolute atomic E-state index is 0.708. The zero-order chi connectivity index (χ0) is 9.10. The van der Waals surface area contributed by atoms with Crippen LogP contribution in [0.4, 0.5) is 0 Å². The molecule has 1 saturated carbocycles. The second-order valence-electron chi connectivity index (χ2n) is 4.55. The van der Waals surface area contributed by atoms with Gasteiger partial charge in [0.1, 0.15) is 0 Å². The molecule has 13 heavy (non-hydrogen) atoms. The molecule has 2 saturated heterocycles. The van der Waals surface area contributed by atoms with Crippen LogP contribution in [0.5, 0.6) is 0 Å². The van der Waals surface area contributed by atoms with Crippen LogP contribution >= 0.6 is 0 Å². The fourth-order valence-electron chi connectivity index (χ4n) is 2.79. The molecular weight excluding hydrogens is 160 g/mol. The fourth-order valence-corrected chi connectivity index (χ4v) is 2.79. The van der Waals surface area contributed by atoms with E-state index in [9.17, 15) is 0 Å². The third kappa shape index (κ3) is 2.22. The molecule has 2 heterocycles. The maximum absolute atomic E-state index is 8.54. The van der Waals surface area contributed by atoms with Crippen LogP contribution in [0.25, 0.3) is 0 Å². The Kier molecular flexibility index (Phi) is 2.85. The molecular formula is C11H18N2. The van der Waals surface area contributed by atoms with Gasteiger partial charge in [-0.25, -0.2) is 0 Å². The van der Waals surface area contributed by atoms with Gasteiger partial charge in [0.2, 0.25) is 0 Å². The van der Waals surface area contributed by atoms with Gasteiger partial charge in [0.05, 0.1) is 6.07 Å². The average molecular weight is 178 g/mol. The van der Waals surface area contributed by atoms with E-state index >= 15 is 0 Å². The molecule has 0 spiro atoms. The molecule has 0 atom stereocenters. The van der Waals surface area contributed by atoms with Crippen molar-refractivity contribution < 1.29 is 0 Å². The molecule has 3 fully saturated rings. The summed E-state index contributed by atoms with van der Waals surface area (Å²) in [6.07, 6.45) is 6.46. The van der Waals surface area contributed by atoms with Crippen molar-refractivity contribution in [2.45, 2.75) is 32.1 Å². The monoisotopic (exact) mass is 178 g/mol. The highest BCUT2D eigenvalue weighted by Gasteiger charge is 2.28. The molecule has 2 aliphatic heterocycles. The first kappa shape index (κ1) is 9.02. The van der Waals surface area contributed by atoms with Crippen LogP contribution in [0.2, 0.25) is 0 Å². The van der Waals surface area contributed by atoms with Gasteiger partial charge in [-0.15, -0.1) is 0 Å². The molecule has 2 nitrogen and oxygen atoms in total. The minimum Gasteiger partial charge on any atom is -0.302 e. The zero-order valence-electron chi connectivity index (χ0n) is 8.21. The van der Waals surface area contributed by atoms with Gasteiger partial charge in [-0.05, 0) is 37.5 Å². The largest absolute Gasteiger partial charge is 0.302 e. The minimum atomic E-state index is 0.708. The van der Waals surface area contributed by atoms with Gasteiger partial charge < -0.3 is 4.90 Å². The maximum atomic E-state index is 8.54. The summed E-state index contributed by atoms with van der Waals surface area (Å²) in [5.41, 5.74) is 0. The van der Waals surface area contributed by atoms with Crippen LogP contribution in [0.15, 0.2) is 0 Å². The molecule has 3 aliphatic rings. The van der Waals surface area contributed by atoms with E-state index in [2.05, 4.69) is 11.0 Å². The Morgan fingerprint density at radius 2 is 1.62 bits per heavy atom. The van der Waals surface area contributed by atoms with Crippen LogP contribution in [-0.4, -0.2) is 24.5 Å². The standard InChI is InChI=1S/C11H18N2/c12-6-1-7-13-8-10-2-3-11(9-13)5-4-10/h10-11H,1-5,7-9H2. The van der Waals surface area contributed by atoms with Crippen molar-refractivity contribution in [3.8, 4) is 6.07 Å². The molecule has 0 radical (unpaired) electrons. The highest BCUT2D eigenvalue weighted by atomic mass is 15.1. The summed E-state index contributed by atoms with van der Waals surface area (Å²) in [5.74, 6) is 1.88. The molecule has 72 valence electrons. The quantitative estimate of drug-likeness (QED) is 0.647. The van der Waals surface area contributed by atoms with E-state index in [0.29, 0.717) is 6.42 Å². The number of nitriles is 1. The zero-order valence-corrected chi connectivity index (χ0v) is 8.21. The van der Waals surface area contributed by atoms with E-state index < -0.39 is 0 Å². The van der Waals surface area contributed by atoms with E-state index in [0.717, 1.165) is 18.4 Å². The van der Waals surface area contributed by atoms with E-state index in [-0.39, 0.29) is 0 Å². The summed E-state index contributed by atoms with van der Waals surface area (Å²) < 4.78 is 0. The molecule has 0 aromatic heterocycles. The number of fused-ring (bicyclic) bond motifs is 4. The van der Waals surface area contributed by atoms with Crippen LogP contribution in [-0.2, 0) is 0 Å². The Morgan fingerprint density at radius 3 is 2.08 bits per heavy atom. The second kappa shape index (κ2) is 4.11. The average Bonchev–Trinajstić information content (AvgIpc) is 2.46. The predicted molar refractivity (Wildman–Crippen MR) is 52.1 cm³/mol. The Labute approximate surface area is 80.5 Å². The Bertz CT molecular complexity index is 185. The number of nitrogens with zero attached hydrogens (tertiary/aromatic N) is 2. The Morgan fingerprint density at radius 1 is 1.08 bits per heavy atom. The van der Waals surface area contributed by atoms with Crippen molar-refractivity contribution >= 4 is 0 Å². The number of hydrogen-bond acceptors (Lipinski definition) is 2. The van der Waals surface area contributed by atoms with E-state index in [1.54, 1.807) is 0 Å². The van der Waals surface area contributed by atoms with Gasteiger partial charge in [0.15, 0.2) is 0 Å². The first-order chi connectivity index (χ1) is 6.38. The Balaban J connectivity index is 1.88. The molecule has 0 unspecified atom stereocenters. The van der Waals surface area contributed by atoms with Gasteiger partial charge in [0, 0.05) is 26.1 Å². The predicted octanol–water partition coefficient (Wildman–Crippen LogP) is 2.02. The fraction of sp³-hybridized carbons (Fsp3) is 0.909. The van der Waals surface area contributed by atoms with E-state index in [1.165, 1.54) is 38.8 Å². The van der Waals surface area contributed by atoms with E-state index in [1.807, 2.05) is 0 Å². The molecule has 0 N–H and O–H groups in total. The molecule has 2 heteroatoms. The summed E-state index contributed by atoms with van der Waals surface area (Å²) >= 11 is 0. The third-order valence-electron chi connectivity index (χ3n) is 3.54. The normalized spacial score (nSPS) is 34.1. The highest BCUT2D eigenvalue weighted by Crippen LogP contribution is 2.33. The van der Waals surface area contributed by atoms with Crippen LogP contribution < -0.4 is 0 Å². The van der Waals surface area contributed by atoms with Crippen molar-refractivity contribution in [3.05, 3.63) is 0 Å². The van der Waals surface area contributed by atoms with Crippen molar-refractivity contribution in [2.75, 3.05) is 19.6 Å². The number of hydrogen-bond donors (Lipinski definition) is 0. The molecule has 3 rings (SSSR count). The van der Waals surface area contributed by atoms with Crippen molar-refractivity contribution in [1.29, 1.82) is 5.26 Å². The highest BCUT2D eigenvalue weighted by molar-refractivity contribution is 4.83. The summed E-state index contributed by atoms with van der Waals surface area (Å²) in [4.78, 5) is 2.51. The molecule has 1 aliphatic carbocycles. The van der Waals surface area contributed by atoms with Gasteiger partial charge in [-0.3, -0.25) is 0 Å². The van der Waals surface area contributed by atoms with Gasteiger partial charge in [-0.1, -0.05) is 0 Å². The van der Waals surface area contributed by atoms with Gasteiger partial charge >= 0.3 is 0 Å². The lowest BCUT2D eigenvalue weighted by Crippen LogP contribution is -2.29. The maximum Gasteiger partial charge on any atom is 0.0635 e. The van der Waals surface area contributed by atoms with Gasteiger partial charge in [0.25, 0.3) is 0 Å². The van der Waals surface area contributed by atoms with Crippen LogP contribution in [0.3, 0.4) is 0 Å². The summed E-state index contributed by atoms with van der Waals surface area (Å²) in [6.45, 7) is 3.53. The van der Waals surface area contributed by atoms with Gasteiger partial charge in [-0.2, -0.15) is 5.26 Å². The third-order valence-corrected chi connectivity index (χ3v) is 3.54. The first-order valence-corrected chi connectivity index (χ1v) is 5.48. The van der Waals surface area contributed by atoms with Crippen molar-refractivity contribution in [1.82, 2.24) is 4.90 Å². The lowest BCUT2D eigenvalue weighted by Gasteiger charge is -2.21. The first-order valence-electron chi connectivity index (χ1n) is 5.48. The van der Waals surface area contributed by atoms with Crippen molar-refractivity contribution in [2.24, 2.45) is 11.8 Å². The SMILES string of the molecule is N#CCCN1CC2CCC(CC2)C1. The van der Waals surface area contributed by atoms with Crippen LogP contribution in [0, 0.1) is 23.2 Å². The summed E-state index contributed by atoms with van der Waals surface area (Å²) in [5, 5.41) is 8.54. The molecule has 0 aromatic carbocycles. The molecule has 0 aromatic rings. The molecule has 0 amide bonds. The van der Waals surface area contributed by atoms with Crippen molar-refractivity contribution in [3.63, 3.8) is 0 Å². The molecule has 2 bridgehead atoms. The smallest absolute Gasteiger partial charge is 0.0635 e. The Hall–Kier alpha value is -0.550. The van der Waals surface area contributed by atoms with E-state index in [4.69, 9.17) is 5.26 Å². The lowest BCUT2D eigenvalue weighted by molar-refractivity contribution is 0.258.